The van der Waals surface area contributed by atoms with E-state index >= 15 is 0 Å². The lowest BCUT2D eigenvalue weighted by atomic mass is 9.90. The average Bonchev–Trinajstić information content (AvgIpc) is 2.30. The maximum absolute atomic E-state index is 9.20. The summed E-state index contributed by atoms with van der Waals surface area (Å²) in [7, 11) is 0. The molecule has 3 heteroatoms. The van der Waals surface area contributed by atoms with Crippen LogP contribution in [0.15, 0.2) is 12.4 Å². The van der Waals surface area contributed by atoms with Gasteiger partial charge in [-0.2, -0.15) is 5.10 Å². The Balaban J connectivity index is 2.92. The van der Waals surface area contributed by atoms with Gasteiger partial charge in [0.05, 0.1) is 6.20 Å². The number of aliphatic hydroxyl groups is 1. The van der Waals surface area contributed by atoms with Gasteiger partial charge in [-0.1, -0.05) is 20.8 Å². The molecule has 68 valence electrons. The second-order valence-electron chi connectivity index (χ2n) is 4.09. The molecule has 1 unspecified atom stereocenters. The highest BCUT2D eigenvalue weighted by molar-refractivity contribution is 5.15. The van der Waals surface area contributed by atoms with Crippen LogP contribution in [-0.4, -0.2) is 14.9 Å². The molecule has 0 aromatic carbocycles. The van der Waals surface area contributed by atoms with Gasteiger partial charge in [0.15, 0.2) is 0 Å². The van der Waals surface area contributed by atoms with E-state index < -0.39 is 6.23 Å². The summed E-state index contributed by atoms with van der Waals surface area (Å²) in [4.78, 5) is 0. The topological polar surface area (TPSA) is 38.0 Å². The standard InChI is InChI=1S/C9H16N2O/c1-7(12)11-6-8(5-10-11)9(2,3)4/h5-7,12H,1-4H3. The molecule has 12 heavy (non-hydrogen) atoms. The Morgan fingerprint density at radius 2 is 2.08 bits per heavy atom. The first-order valence-corrected chi connectivity index (χ1v) is 4.14. The number of nitrogens with zero attached hydrogens (tertiary/aromatic N) is 2. The lowest BCUT2D eigenvalue weighted by Crippen LogP contribution is -2.10. The van der Waals surface area contributed by atoms with Crippen LogP contribution >= 0.6 is 0 Å². The van der Waals surface area contributed by atoms with Crippen molar-refractivity contribution in [1.29, 1.82) is 0 Å². The summed E-state index contributed by atoms with van der Waals surface area (Å²) >= 11 is 0. The van der Waals surface area contributed by atoms with E-state index in [1.807, 2.05) is 6.20 Å². The lowest BCUT2D eigenvalue weighted by Gasteiger charge is -2.15. The molecule has 0 aliphatic rings. The van der Waals surface area contributed by atoms with Crippen molar-refractivity contribution >= 4 is 0 Å². The summed E-state index contributed by atoms with van der Waals surface area (Å²) in [6.45, 7) is 8.06. The Bertz CT molecular complexity index is 258. The molecule has 0 radical (unpaired) electrons. The largest absolute Gasteiger partial charge is 0.372 e. The highest BCUT2D eigenvalue weighted by Gasteiger charge is 2.16. The summed E-state index contributed by atoms with van der Waals surface area (Å²) in [5.74, 6) is 0. The molecular weight excluding hydrogens is 152 g/mol. The Hall–Kier alpha value is -0.830. The third kappa shape index (κ3) is 1.85. The third-order valence-corrected chi connectivity index (χ3v) is 1.85. The van der Waals surface area contributed by atoms with Crippen LogP contribution in [-0.2, 0) is 5.41 Å². The molecule has 1 heterocycles. The first kappa shape index (κ1) is 9.26. The smallest absolute Gasteiger partial charge is 0.144 e. The molecule has 0 spiro atoms. The van der Waals surface area contributed by atoms with Crippen molar-refractivity contribution in [2.45, 2.75) is 39.3 Å². The monoisotopic (exact) mass is 168 g/mol. The van der Waals surface area contributed by atoms with Crippen LogP contribution < -0.4 is 0 Å². The van der Waals surface area contributed by atoms with Crippen molar-refractivity contribution in [2.24, 2.45) is 0 Å². The van der Waals surface area contributed by atoms with Gasteiger partial charge in [0.1, 0.15) is 6.23 Å². The van der Waals surface area contributed by atoms with Crippen LogP contribution in [0.3, 0.4) is 0 Å². The third-order valence-electron chi connectivity index (χ3n) is 1.85. The van der Waals surface area contributed by atoms with Crippen LogP contribution in [0, 0.1) is 0 Å². The minimum absolute atomic E-state index is 0.104. The molecule has 1 atom stereocenters. The van der Waals surface area contributed by atoms with Gasteiger partial charge < -0.3 is 5.11 Å². The van der Waals surface area contributed by atoms with E-state index in [0.29, 0.717) is 0 Å². The van der Waals surface area contributed by atoms with Crippen LogP contribution in [0.25, 0.3) is 0 Å². The molecule has 0 amide bonds. The normalized spacial score (nSPS) is 14.8. The molecule has 1 aromatic heterocycles. The zero-order valence-electron chi connectivity index (χ0n) is 8.07. The molecule has 1 N–H and O–H groups in total. The number of hydrogen-bond acceptors (Lipinski definition) is 2. The van der Waals surface area contributed by atoms with Crippen molar-refractivity contribution in [3.63, 3.8) is 0 Å². The van der Waals surface area contributed by atoms with Crippen molar-refractivity contribution < 1.29 is 5.11 Å². The van der Waals surface area contributed by atoms with Crippen LogP contribution in [0.5, 0.6) is 0 Å². The molecule has 0 bridgehead atoms. The van der Waals surface area contributed by atoms with Gasteiger partial charge in [0.25, 0.3) is 0 Å². The second-order valence-corrected chi connectivity index (χ2v) is 4.09. The Kier molecular flexibility index (Phi) is 2.24. The van der Waals surface area contributed by atoms with E-state index in [9.17, 15) is 5.11 Å². The summed E-state index contributed by atoms with van der Waals surface area (Å²) < 4.78 is 1.56. The molecule has 0 aliphatic carbocycles. The SMILES string of the molecule is CC(O)n1cc(C(C)(C)C)cn1. The molecule has 3 nitrogen and oxygen atoms in total. The molecule has 1 aromatic rings. The van der Waals surface area contributed by atoms with Gasteiger partial charge in [-0.05, 0) is 17.9 Å². The first-order valence-electron chi connectivity index (χ1n) is 4.14. The zero-order valence-corrected chi connectivity index (χ0v) is 8.07. The zero-order chi connectivity index (χ0) is 9.35. The van der Waals surface area contributed by atoms with E-state index in [1.54, 1.807) is 17.8 Å². The Morgan fingerprint density at radius 3 is 2.33 bits per heavy atom. The minimum Gasteiger partial charge on any atom is -0.372 e. The fourth-order valence-corrected chi connectivity index (χ4v) is 0.930. The summed E-state index contributed by atoms with van der Waals surface area (Å²) in [5, 5.41) is 13.3. The molecular formula is C9H16N2O. The van der Waals surface area contributed by atoms with Gasteiger partial charge in [-0.3, -0.25) is 0 Å². The fraction of sp³-hybridized carbons (Fsp3) is 0.667. The van der Waals surface area contributed by atoms with E-state index in [4.69, 9.17) is 0 Å². The predicted molar refractivity (Wildman–Crippen MR) is 47.9 cm³/mol. The number of hydrogen-bond donors (Lipinski definition) is 1. The van der Waals surface area contributed by atoms with Gasteiger partial charge in [-0.15, -0.1) is 0 Å². The summed E-state index contributed by atoms with van der Waals surface area (Å²) in [6.07, 6.45) is 3.14. The number of aromatic nitrogens is 2. The maximum atomic E-state index is 9.20. The van der Waals surface area contributed by atoms with Crippen molar-refractivity contribution in [2.75, 3.05) is 0 Å². The molecule has 0 aliphatic heterocycles. The fourth-order valence-electron chi connectivity index (χ4n) is 0.930. The lowest BCUT2D eigenvalue weighted by molar-refractivity contribution is 0.110. The van der Waals surface area contributed by atoms with Crippen LogP contribution in [0.2, 0.25) is 0 Å². The Labute approximate surface area is 73.0 Å². The van der Waals surface area contributed by atoms with Gasteiger partial charge >= 0.3 is 0 Å². The molecule has 0 saturated heterocycles. The van der Waals surface area contributed by atoms with E-state index in [2.05, 4.69) is 25.9 Å². The second kappa shape index (κ2) is 2.90. The first-order chi connectivity index (χ1) is 5.41. The number of rotatable bonds is 1. The summed E-state index contributed by atoms with van der Waals surface area (Å²) in [5.41, 5.74) is 1.25. The van der Waals surface area contributed by atoms with E-state index in [-0.39, 0.29) is 5.41 Å². The van der Waals surface area contributed by atoms with E-state index in [0.717, 1.165) is 5.56 Å². The van der Waals surface area contributed by atoms with Crippen molar-refractivity contribution in [3.8, 4) is 0 Å². The summed E-state index contributed by atoms with van der Waals surface area (Å²) in [6, 6.07) is 0. The molecule has 0 saturated carbocycles. The molecule has 0 fully saturated rings. The van der Waals surface area contributed by atoms with Crippen molar-refractivity contribution in [1.82, 2.24) is 9.78 Å². The quantitative estimate of drug-likeness (QED) is 0.693. The Morgan fingerprint density at radius 1 is 1.50 bits per heavy atom. The van der Waals surface area contributed by atoms with Gasteiger partial charge in [0, 0.05) is 6.20 Å². The maximum Gasteiger partial charge on any atom is 0.144 e. The minimum atomic E-state index is -0.541. The van der Waals surface area contributed by atoms with E-state index in [1.165, 1.54) is 0 Å². The molecule has 1 rings (SSSR count). The average molecular weight is 168 g/mol. The van der Waals surface area contributed by atoms with Gasteiger partial charge in [0.2, 0.25) is 0 Å². The van der Waals surface area contributed by atoms with Crippen LogP contribution in [0.4, 0.5) is 0 Å². The van der Waals surface area contributed by atoms with Crippen molar-refractivity contribution in [3.05, 3.63) is 18.0 Å². The van der Waals surface area contributed by atoms with Gasteiger partial charge in [-0.25, -0.2) is 4.68 Å². The van der Waals surface area contributed by atoms with Crippen LogP contribution in [0.1, 0.15) is 39.5 Å². The predicted octanol–water partition coefficient (Wildman–Crippen LogP) is 1.69. The number of aliphatic hydroxyl groups excluding tert-OH is 1. The highest BCUT2D eigenvalue weighted by Crippen LogP contribution is 2.21. The highest BCUT2D eigenvalue weighted by atomic mass is 16.3.